The summed E-state index contributed by atoms with van der Waals surface area (Å²) in [7, 11) is 0. The molecule has 6 atom stereocenters. The molecule has 100 valence electrons. The van der Waals surface area contributed by atoms with Gasteiger partial charge in [0.2, 0.25) is 0 Å². The highest BCUT2D eigenvalue weighted by molar-refractivity contribution is 5.99. The van der Waals surface area contributed by atoms with Crippen LogP contribution in [0.25, 0.3) is 0 Å². The maximum atomic E-state index is 12.1. The summed E-state index contributed by atoms with van der Waals surface area (Å²) in [4.78, 5) is 24.1. The predicted molar refractivity (Wildman–Crippen MR) is 66.7 cm³/mol. The number of cyclic esters (lactones) is 2. The van der Waals surface area contributed by atoms with Gasteiger partial charge in [-0.2, -0.15) is 0 Å². The van der Waals surface area contributed by atoms with Crippen molar-refractivity contribution in [3.05, 3.63) is 11.1 Å². The van der Waals surface area contributed by atoms with Gasteiger partial charge in [-0.1, -0.05) is 25.0 Å². The molecule has 1 aliphatic heterocycles. The molecule has 0 aromatic rings. The molecule has 0 spiro atoms. The third-order valence-corrected chi connectivity index (χ3v) is 6.77. The van der Waals surface area contributed by atoms with Crippen LogP contribution < -0.4 is 0 Å². The van der Waals surface area contributed by atoms with Crippen molar-refractivity contribution in [3.8, 4) is 0 Å². The van der Waals surface area contributed by atoms with Crippen LogP contribution in [-0.4, -0.2) is 11.9 Å². The van der Waals surface area contributed by atoms with Crippen LogP contribution in [0.3, 0.4) is 0 Å². The number of allylic oxidation sites excluding steroid dienone is 2. The summed E-state index contributed by atoms with van der Waals surface area (Å²) in [6, 6.07) is 0. The highest BCUT2D eigenvalue weighted by atomic mass is 16.6. The monoisotopic (exact) mass is 258 g/mol. The molecule has 5 aliphatic rings. The Labute approximate surface area is 112 Å². The van der Waals surface area contributed by atoms with Crippen LogP contribution in [0.5, 0.6) is 0 Å². The minimum absolute atomic E-state index is 0.0797. The van der Waals surface area contributed by atoms with Crippen molar-refractivity contribution >= 4 is 11.9 Å². The van der Waals surface area contributed by atoms with Gasteiger partial charge in [0.15, 0.2) is 0 Å². The van der Waals surface area contributed by atoms with Crippen LogP contribution in [0.4, 0.5) is 0 Å². The van der Waals surface area contributed by atoms with Crippen molar-refractivity contribution in [1.29, 1.82) is 0 Å². The molecule has 2 saturated carbocycles. The molecule has 0 unspecified atom stereocenters. The van der Waals surface area contributed by atoms with E-state index >= 15 is 0 Å². The predicted octanol–water partition coefficient (Wildman–Crippen LogP) is 2.31. The number of ether oxygens (including phenoxy) is 1. The van der Waals surface area contributed by atoms with E-state index in [0.29, 0.717) is 11.8 Å². The number of hydrogen-bond acceptors (Lipinski definition) is 3. The van der Waals surface area contributed by atoms with E-state index in [9.17, 15) is 9.59 Å². The fourth-order valence-electron chi connectivity index (χ4n) is 6.41. The van der Waals surface area contributed by atoms with Crippen molar-refractivity contribution in [1.82, 2.24) is 0 Å². The van der Waals surface area contributed by atoms with E-state index in [-0.39, 0.29) is 41.0 Å². The van der Waals surface area contributed by atoms with Crippen molar-refractivity contribution in [2.24, 2.45) is 40.9 Å². The van der Waals surface area contributed by atoms with E-state index in [0.717, 1.165) is 0 Å². The van der Waals surface area contributed by atoms with Gasteiger partial charge in [-0.05, 0) is 36.5 Å². The van der Waals surface area contributed by atoms with Gasteiger partial charge in [-0.25, -0.2) is 0 Å². The summed E-state index contributed by atoms with van der Waals surface area (Å²) >= 11 is 0. The number of esters is 2. The summed E-state index contributed by atoms with van der Waals surface area (Å²) in [5, 5.41) is 0. The van der Waals surface area contributed by atoms with Gasteiger partial charge in [0, 0.05) is 11.8 Å². The van der Waals surface area contributed by atoms with Crippen LogP contribution in [0, 0.1) is 40.9 Å². The largest absolute Gasteiger partial charge is 0.393 e. The Kier molecular flexibility index (Phi) is 1.58. The summed E-state index contributed by atoms with van der Waals surface area (Å²) in [5.41, 5.74) is 3.24. The molecule has 19 heavy (non-hydrogen) atoms. The van der Waals surface area contributed by atoms with Gasteiger partial charge in [0.1, 0.15) is 0 Å². The molecule has 3 fully saturated rings. The van der Waals surface area contributed by atoms with Gasteiger partial charge in [0.05, 0.1) is 11.8 Å². The number of hydrogen-bond donors (Lipinski definition) is 0. The lowest BCUT2D eigenvalue weighted by Crippen LogP contribution is -2.29. The second-order valence-corrected chi connectivity index (χ2v) is 7.69. The molecule has 3 nitrogen and oxygen atoms in total. The van der Waals surface area contributed by atoms with Crippen LogP contribution in [-0.2, 0) is 14.3 Å². The van der Waals surface area contributed by atoms with E-state index in [4.69, 9.17) is 4.74 Å². The van der Waals surface area contributed by atoms with Crippen molar-refractivity contribution in [3.63, 3.8) is 0 Å². The van der Waals surface area contributed by atoms with Gasteiger partial charge >= 0.3 is 11.9 Å². The highest BCUT2D eigenvalue weighted by Crippen LogP contribution is 2.74. The van der Waals surface area contributed by atoms with Crippen LogP contribution in [0.15, 0.2) is 11.1 Å². The van der Waals surface area contributed by atoms with Crippen LogP contribution in [0.1, 0.15) is 33.1 Å². The first-order chi connectivity index (χ1) is 9.01. The number of carbonyl (C=O) groups excluding carboxylic acids is 2. The van der Waals surface area contributed by atoms with E-state index in [2.05, 4.69) is 13.8 Å². The molecular formula is C16H18O3. The lowest BCUT2D eigenvalue weighted by molar-refractivity contribution is -0.155. The first-order valence-electron chi connectivity index (χ1n) is 7.51. The van der Waals surface area contributed by atoms with E-state index < -0.39 is 0 Å². The maximum Gasteiger partial charge on any atom is 0.318 e. The minimum Gasteiger partial charge on any atom is -0.393 e. The fourth-order valence-corrected chi connectivity index (χ4v) is 6.41. The van der Waals surface area contributed by atoms with Crippen molar-refractivity contribution < 1.29 is 14.3 Å². The van der Waals surface area contributed by atoms with Gasteiger partial charge < -0.3 is 4.74 Å². The quantitative estimate of drug-likeness (QED) is 0.290. The Morgan fingerprint density at radius 1 is 0.947 bits per heavy atom. The molecular weight excluding hydrogens is 240 g/mol. The molecule has 0 amide bonds. The molecule has 4 bridgehead atoms. The standard InChI is InChI=1S/C16H18O3/c1-16(2)12-8-6-3-4-7(5-6)9(8)13(16)11-10(12)14(17)19-15(11)18/h6-7,10-13H,3-5H2,1-2H3/t6-,7-,10+,11+,12-,13-/m0/s1. The molecule has 4 aliphatic carbocycles. The smallest absolute Gasteiger partial charge is 0.318 e. The lowest BCUT2D eigenvalue weighted by atomic mass is 9.72. The lowest BCUT2D eigenvalue weighted by Gasteiger charge is -2.30. The first-order valence-corrected chi connectivity index (χ1v) is 7.51. The van der Waals surface area contributed by atoms with E-state index in [1.807, 2.05) is 0 Å². The Morgan fingerprint density at radius 2 is 1.42 bits per heavy atom. The third-order valence-electron chi connectivity index (χ3n) is 6.77. The number of rotatable bonds is 0. The van der Waals surface area contributed by atoms with Crippen LogP contribution in [0.2, 0.25) is 0 Å². The number of fused-ring (bicyclic) bond motifs is 11. The molecule has 3 heteroatoms. The normalized spacial score (nSPS) is 51.9. The summed E-state index contributed by atoms with van der Waals surface area (Å²) in [5.74, 6) is 1.17. The van der Waals surface area contributed by atoms with E-state index in [1.165, 1.54) is 19.3 Å². The average molecular weight is 258 g/mol. The van der Waals surface area contributed by atoms with Crippen molar-refractivity contribution in [2.75, 3.05) is 0 Å². The molecule has 5 rings (SSSR count). The molecule has 0 aromatic carbocycles. The first kappa shape index (κ1) is 10.6. The Morgan fingerprint density at radius 3 is 1.89 bits per heavy atom. The third kappa shape index (κ3) is 0.916. The second kappa shape index (κ2) is 2.82. The fraction of sp³-hybridized carbons (Fsp3) is 0.750. The summed E-state index contributed by atoms with van der Waals surface area (Å²) < 4.78 is 4.95. The summed E-state index contributed by atoms with van der Waals surface area (Å²) in [6.45, 7) is 4.53. The molecule has 0 aromatic heterocycles. The highest BCUT2D eigenvalue weighted by Gasteiger charge is 2.73. The van der Waals surface area contributed by atoms with E-state index in [1.54, 1.807) is 11.1 Å². The second-order valence-electron chi connectivity index (χ2n) is 7.69. The number of carbonyl (C=O) groups is 2. The molecule has 1 saturated heterocycles. The Bertz CT molecular complexity index is 525. The zero-order valence-corrected chi connectivity index (χ0v) is 11.3. The molecule has 1 heterocycles. The van der Waals surface area contributed by atoms with Crippen molar-refractivity contribution in [2.45, 2.75) is 33.1 Å². The Balaban J connectivity index is 1.74. The average Bonchev–Trinajstić information content (AvgIpc) is 3.07. The maximum absolute atomic E-state index is 12.1. The molecule has 0 N–H and O–H groups in total. The Hall–Kier alpha value is -1.12. The van der Waals surface area contributed by atoms with Gasteiger partial charge in [0.25, 0.3) is 0 Å². The van der Waals surface area contributed by atoms with Crippen LogP contribution >= 0.6 is 0 Å². The van der Waals surface area contributed by atoms with Gasteiger partial charge in [-0.3, -0.25) is 9.59 Å². The zero-order chi connectivity index (χ0) is 13.1. The topological polar surface area (TPSA) is 43.4 Å². The van der Waals surface area contributed by atoms with Gasteiger partial charge in [-0.15, -0.1) is 0 Å². The zero-order valence-electron chi connectivity index (χ0n) is 11.3. The minimum atomic E-state index is -0.245. The summed E-state index contributed by atoms with van der Waals surface area (Å²) in [6.07, 6.45) is 3.88. The molecule has 0 radical (unpaired) electrons. The SMILES string of the molecule is CC1(C)[C@H]2C3=C([C@H]4CC[C@H]3C4)[C@H]1[C@@H]1C(=O)OC(=O)[C@H]12.